The fourth-order valence-corrected chi connectivity index (χ4v) is 12.5. The SMILES string of the molecule is CO[C@](C(=O)Oc1cc(C)c2c(c1)C[C@@H]1[C@@]3(C)CC[C@H]4C(C)(C)[C@@H](OC(=O)[C@@](OC)(c5ccccc5)C(F)(F)F)CC[C@]4(C)[C@@H]3CC[C@@]1(C)O2)(c1ccccc1)C(F)(F)F. The lowest BCUT2D eigenvalue weighted by atomic mass is 9.37. The number of alkyl halides is 6. The van der Waals surface area contributed by atoms with Gasteiger partial charge in [0.15, 0.2) is 0 Å². The lowest BCUT2D eigenvalue weighted by Gasteiger charge is -2.69. The van der Waals surface area contributed by atoms with Gasteiger partial charge in [-0.05, 0) is 105 Å². The van der Waals surface area contributed by atoms with E-state index in [4.69, 9.17) is 23.7 Å². The molecule has 0 radical (unpaired) electrons. The third-order valence-corrected chi connectivity index (χ3v) is 15.4. The summed E-state index contributed by atoms with van der Waals surface area (Å²) in [6.07, 6.45) is -6.45. The number of rotatable bonds is 8. The van der Waals surface area contributed by atoms with Gasteiger partial charge in [0, 0.05) is 36.7 Å². The monoisotopic (exact) mass is 844 g/mol. The zero-order chi connectivity index (χ0) is 43.9. The summed E-state index contributed by atoms with van der Waals surface area (Å²) in [5.41, 5.74) is -7.86. The molecule has 3 aromatic rings. The van der Waals surface area contributed by atoms with E-state index in [0.29, 0.717) is 30.6 Å². The molecule has 4 aliphatic rings. The molecule has 0 aromatic heterocycles. The van der Waals surface area contributed by atoms with Crippen LogP contribution in [0.2, 0.25) is 0 Å². The van der Waals surface area contributed by atoms with Gasteiger partial charge in [-0.3, -0.25) is 0 Å². The standard InChI is InChI=1S/C47H54F6O7/c1-28-25-32(58-38(54)44(56-7,46(48,49)50)30-15-11-9-12-16-30)26-29-27-35-42(5)22-19-33-40(2,3)36(21-23-41(33,4)34(42)20-24-43(35,6)60-37(28)29)59-39(55)45(57-8,47(51,52)53)31-17-13-10-14-18-31/h9-18,25-26,33-36H,19-24,27H2,1-8H3/t33-,34-,35+,36-,41-,42-,43+,44-,45-/m0/s1. The Hall–Kier alpha value is -4.10. The fourth-order valence-electron chi connectivity index (χ4n) is 12.5. The molecule has 13 heteroatoms. The van der Waals surface area contributed by atoms with E-state index in [1.807, 2.05) is 13.8 Å². The number of fused-ring (bicyclic) bond motifs is 6. The first-order valence-corrected chi connectivity index (χ1v) is 20.6. The Morgan fingerprint density at radius 2 is 1.17 bits per heavy atom. The maximum Gasteiger partial charge on any atom is 0.432 e. The topological polar surface area (TPSA) is 80.3 Å². The van der Waals surface area contributed by atoms with E-state index in [2.05, 4.69) is 20.8 Å². The number of carbonyl (C=O) groups is 2. The van der Waals surface area contributed by atoms with Crippen molar-refractivity contribution in [2.45, 2.75) is 122 Å². The van der Waals surface area contributed by atoms with Gasteiger partial charge in [-0.15, -0.1) is 0 Å². The molecule has 0 saturated heterocycles. The van der Waals surface area contributed by atoms with Gasteiger partial charge in [0.2, 0.25) is 0 Å². The smallest absolute Gasteiger partial charge is 0.432 e. The first kappa shape index (κ1) is 44.0. The highest BCUT2D eigenvalue weighted by atomic mass is 19.4. The highest BCUT2D eigenvalue weighted by Crippen LogP contribution is 2.71. The highest BCUT2D eigenvalue weighted by molar-refractivity contribution is 5.85. The van der Waals surface area contributed by atoms with Crippen LogP contribution in [0.5, 0.6) is 11.5 Å². The molecule has 3 fully saturated rings. The molecule has 60 heavy (non-hydrogen) atoms. The Labute approximate surface area is 347 Å². The minimum Gasteiger partial charge on any atom is -0.487 e. The molecule has 0 N–H and O–H groups in total. The molecule has 0 unspecified atom stereocenters. The van der Waals surface area contributed by atoms with E-state index in [1.54, 1.807) is 25.1 Å². The molecule has 326 valence electrons. The van der Waals surface area contributed by atoms with Crippen LogP contribution < -0.4 is 9.47 Å². The molecule has 7 nitrogen and oxygen atoms in total. The minimum atomic E-state index is -5.13. The van der Waals surface area contributed by atoms with Gasteiger partial charge in [0.05, 0.1) is 0 Å². The summed E-state index contributed by atoms with van der Waals surface area (Å²) in [6.45, 7) is 12.5. The molecule has 7 rings (SSSR count). The van der Waals surface area contributed by atoms with Crippen LogP contribution in [-0.4, -0.2) is 50.2 Å². The molecule has 0 bridgehead atoms. The predicted molar refractivity (Wildman–Crippen MR) is 210 cm³/mol. The zero-order valence-corrected chi connectivity index (χ0v) is 35.3. The fraction of sp³-hybridized carbons (Fsp3) is 0.574. The largest absolute Gasteiger partial charge is 0.487 e. The Bertz CT molecular complexity index is 2110. The molecule has 9 atom stereocenters. The Morgan fingerprint density at radius 3 is 1.70 bits per heavy atom. The van der Waals surface area contributed by atoms with E-state index < -0.39 is 58.2 Å². The average Bonchev–Trinajstić information content (AvgIpc) is 3.16. The van der Waals surface area contributed by atoms with Crippen LogP contribution in [-0.2, 0) is 41.4 Å². The predicted octanol–water partition coefficient (Wildman–Crippen LogP) is 11.0. The number of hydrogen-bond donors (Lipinski definition) is 0. The molecule has 3 aromatic carbocycles. The number of halogens is 6. The second kappa shape index (κ2) is 14.8. The van der Waals surface area contributed by atoms with E-state index in [1.165, 1.54) is 54.6 Å². The molecule has 1 aliphatic heterocycles. The van der Waals surface area contributed by atoms with Crippen molar-refractivity contribution < 1.29 is 59.6 Å². The first-order chi connectivity index (χ1) is 28.0. The summed E-state index contributed by atoms with van der Waals surface area (Å²) >= 11 is 0. The lowest BCUT2D eigenvalue weighted by molar-refractivity contribution is -0.284. The van der Waals surface area contributed by atoms with Crippen molar-refractivity contribution in [2.75, 3.05) is 14.2 Å². The van der Waals surface area contributed by atoms with Crippen molar-refractivity contribution in [1.82, 2.24) is 0 Å². The van der Waals surface area contributed by atoms with E-state index in [9.17, 15) is 35.9 Å². The third-order valence-electron chi connectivity index (χ3n) is 15.4. The summed E-state index contributed by atoms with van der Waals surface area (Å²) in [4.78, 5) is 27.4. The second-order valence-electron chi connectivity index (χ2n) is 18.7. The number of carbonyl (C=O) groups excluding carboxylic acids is 2. The zero-order valence-electron chi connectivity index (χ0n) is 35.3. The quantitative estimate of drug-likeness (QED) is 0.127. The normalized spacial score (nSPS) is 31.7. The highest BCUT2D eigenvalue weighted by Gasteiger charge is 2.69. The number of benzene rings is 3. The lowest BCUT2D eigenvalue weighted by Crippen LogP contribution is -2.66. The molecular formula is C47H54F6O7. The van der Waals surface area contributed by atoms with Gasteiger partial charge in [-0.25, -0.2) is 9.59 Å². The number of aryl methyl sites for hydroxylation is 1. The van der Waals surface area contributed by atoms with Gasteiger partial charge >= 0.3 is 24.3 Å². The number of ether oxygens (including phenoxy) is 5. The maximum absolute atomic E-state index is 14.8. The molecule has 1 heterocycles. The van der Waals surface area contributed by atoms with Crippen molar-refractivity contribution in [1.29, 1.82) is 0 Å². The molecule has 3 aliphatic carbocycles. The Balaban J connectivity index is 1.15. The van der Waals surface area contributed by atoms with E-state index in [0.717, 1.165) is 45.5 Å². The van der Waals surface area contributed by atoms with Crippen LogP contribution in [0.15, 0.2) is 72.8 Å². The van der Waals surface area contributed by atoms with Gasteiger partial charge in [-0.2, -0.15) is 26.3 Å². The van der Waals surface area contributed by atoms with Crippen LogP contribution in [0.3, 0.4) is 0 Å². The van der Waals surface area contributed by atoms with Crippen molar-refractivity contribution >= 4 is 11.9 Å². The maximum atomic E-state index is 14.8. The van der Waals surface area contributed by atoms with Crippen molar-refractivity contribution in [3.63, 3.8) is 0 Å². The molecule has 3 saturated carbocycles. The van der Waals surface area contributed by atoms with Crippen LogP contribution in [0.1, 0.15) is 95.4 Å². The Kier molecular flexibility index (Phi) is 10.8. The third kappa shape index (κ3) is 6.45. The average molecular weight is 845 g/mol. The molecular weight excluding hydrogens is 790 g/mol. The first-order valence-electron chi connectivity index (χ1n) is 20.6. The summed E-state index contributed by atoms with van der Waals surface area (Å²) < 4.78 is 117. The van der Waals surface area contributed by atoms with Crippen molar-refractivity contribution in [3.05, 3.63) is 95.1 Å². The Morgan fingerprint density at radius 1 is 0.667 bits per heavy atom. The number of esters is 2. The van der Waals surface area contributed by atoms with Gasteiger partial charge < -0.3 is 23.7 Å². The van der Waals surface area contributed by atoms with Gasteiger partial charge in [0.1, 0.15) is 23.2 Å². The summed E-state index contributed by atoms with van der Waals surface area (Å²) in [5.74, 6) is -2.39. The number of methoxy groups -OCH3 is 2. The van der Waals surface area contributed by atoms with Gasteiger partial charge in [0.25, 0.3) is 11.2 Å². The summed E-state index contributed by atoms with van der Waals surface area (Å²) in [6, 6.07) is 16.6. The summed E-state index contributed by atoms with van der Waals surface area (Å²) in [5, 5.41) is 0. The molecule has 0 spiro atoms. The summed E-state index contributed by atoms with van der Waals surface area (Å²) in [7, 11) is 1.70. The van der Waals surface area contributed by atoms with Crippen LogP contribution in [0.25, 0.3) is 0 Å². The van der Waals surface area contributed by atoms with E-state index in [-0.39, 0.29) is 39.9 Å². The van der Waals surface area contributed by atoms with Crippen molar-refractivity contribution in [2.24, 2.45) is 34.0 Å². The van der Waals surface area contributed by atoms with Crippen molar-refractivity contribution in [3.8, 4) is 11.5 Å². The second-order valence-corrected chi connectivity index (χ2v) is 18.7. The number of hydrogen-bond acceptors (Lipinski definition) is 7. The molecule has 0 amide bonds. The van der Waals surface area contributed by atoms with Gasteiger partial charge in [-0.1, -0.05) is 88.4 Å². The minimum absolute atomic E-state index is 0.00268. The van der Waals surface area contributed by atoms with E-state index >= 15 is 0 Å². The van der Waals surface area contributed by atoms with Crippen LogP contribution in [0, 0.1) is 40.9 Å². The van der Waals surface area contributed by atoms with Crippen LogP contribution in [0.4, 0.5) is 26.3 Å². The van der Waals surface area contributed by atoms with Crippen LogP contribution >= 0.6 is 0 Å².